The summed E-state index contributed by atoms with van der Waals surface area (Å²) in [4.78, 5) is 5.08. The molecule has 0 amide bonds. The zero-order valence-corrected chi connectivity index (χ0v) is 7.58. The molecule has 0 aromatic rings. The Hall–Kier alpha value is -0.0800. The predicted molar refractivity (Wildman–Crippen MR) is 46.7 cm³/mol. The first-order valence-electron chi connectivity index (χ1n) is 4.69. The van der Waals surface area contributed by atoms with Gasteiger partial charge in [0.05, 0.1) is 0 Å². The number of hydrogen-bond acceptors (Lipinski definition) is 2. The third kappa shape index (κ3) is 1.18. The molecule has 0 N–H and O–H groups in total. The van der Waals surface area contributed by atoms with Gasteiger partial charge in [-0.15, -0.1) is 0 Å². The van der Waals surface area contributed by atoms with Crippen LogP contribution in [0.2, 0.25) is 0 Å². The average Bonchev–Trinajstić information content (AvgIpc) is 2.45. The normalized spacial score (nSPS) is 40.9. The van der Waals surface area contributed by atoms with E-state index in [9.17, 15) is 0 Å². The molecule has 2 nitrogen and oxygen atoms in total. The topological polar surface area (TPSA) is 6.48 Å². The molecule has 0 spiro atoms. The molecule has 1 saturated heterocycles. The fraction of sp³-hybridized carbons (Fsp3) is 1.00. The molecular formula is C9H18N2. The zero-order chi connectivity index (χ0) is 7.84. The zero-order valence-electron chi connectivity index (χ0n) is 7.58. The maximum atomic E-state index is 2.54. The summed E-state index contributed by atoms with van der Waals surface area (Å²) in [6, 6.07) is 1.74. The lowest BCUT2D eigenvalue weighted by atomic mass is 10.1. The van der Waals surface area contributed by atoms with Gasteiger partial charge in [0.2, 0.25) is 0 Å². The predicted octanol–water partition coefficient (Wildman–Crippen LogP) is 0.785. The van der Waals surface area contributed by atoms with E-state index < -0.39 is 0 Å². The van der Waals surface area contributed by atoms with Crippen molar-refractivity contribution in [2.45, 2.75) is 31.3 Å². The second kappa shape index (κ2) is 2.76. The van der Waals surface area contributed by atoms with Crippen LogP contribution in [0.4, 0.5) is 0 Å². The van der Waals surface area contributed by atoms with Crippen molar-refractivity contribution < 1.29 is 0 Å². The van der Waals surface area contributed by atoms with Crippen molar-refractivity contribution in [2.24, 2.45) is 0 Å². The third-order valence-electron chi connectivity index (χ3n) is 3.38. The minimum atomic E-state index is 0.869. The Morgan fingerprint density at radius 2 is 1.36 bits per heavy atom. The lowest BCUT2D eigenvalue weighted by molar-refractivity contribution is 0.0722. The van der Waals surface area contributed by atoms with Crippen molar-refractivity contribution in [3.63, 3.8) is 0 Å². The minimum Gasteiger partial charge on any atom is -0.301 e. The summed E-state index contributed by atoms with van der Waals surface area (Å²) < 4.78 is 0. The molecule has 2 heteroatoms. The number of rotatable bonds is 0. The molecule has 2 aliphatic rings. The summed E-state index contributed by atoms with van der Waals surface area (Å²) in [5.41, 5.74) is 0. The van der Waals surface area contributed by atoms with Crippen LogP contribution in [0.25, 0.3) is 0 Å². The van der Waals surface area contributed by atoms with Gasteiger partial charge in [-0.25, -0.2) is 0 Å². The van der Waals surface area contributed by atoms with E-state index in [-0.39, 0.29) is 0 Å². The first-order valence-corrected chi connectivity index (χ1v) is 4.69. The van der Waals surface area contributed by atoms with E-state index in [0.29, 0.717) is 0 Å². The highest BCUT2D eigenvalue weighted by atomic mass is 15.3. The Bertz CT molecular complexity index is 130. The molecule has 1 heterocycles. The molecule has 64 valence electrons. The monoisotopic (exact) mass is 154 g/mol. The van der Waals surface area contributed by atoms with Crippen LogP contribution in [0.3, 0.4) is 0 Å². The fourth-order valence-electron chi connectivity index (χ4n) is 2.60. The van der Waals surface area contributed by atoms with E-state index in [1.165, 1.54) is 32.4 Å². The van der Waals surface area contributed by atoms with Gasteiger partial charge in [-0.2, -0.15) is 0 Å². The lowest BCUT2D eigenvalue weighted by Crippen LogP contribution is -2.54. The fourth-order valence-corrected chi connectivity index (χ4v) is 2.60. The van der Waals surface area contributed by atoms with Crippen LogP contribution in [0.1, 0.15) is 19.3 Å². The molecule has 0 aromatic heterocycles. The molecule has 2 rings (SSSR count). The Morgan fingerprint density at radius 1 is 0.909 bits per heavy atom. The summed E-state index contributed by atoms with van der Waals surface area (Å²) in [6.45, 7) is 2.52. The van der Waals surface area contributed by atoms with E-state index in [2.05, 4.69) is 23.9 Å². The maximum absolute atomic E-state index is 2.54. The van der Waals surface area contributed by atoms with Crippen LogP contribution in [-0.4, -0.2) is 49.1 Å². The molecular weight excluding hydrogens is 136 g/mol. The van der Waals surface area contributed by atoms with Gasteiger partial charge in [0.15, 0.2) is 0 Å². The van der Waals surface area contributed by atoms with Gasteiger partial charge < -0.3 is 9.80 Å². The Morgan fingerprint density at radius 3 is 1.82 bits per heavy atom. The summed E-state index contributed by atoms with van der Waals surface area (Å²) in [5.74, 6) is 0. The second-order valence-electron chi connectivity index (χ2n) is 4.03. The number of likely N-dealkylation sites (N-methyl/N-ethyl adjacent to an activating group) is 2. The summed E-state index contributed by atoms with van der Waals surface area (Å²) in [6.07, 6.45) is 4.28. The van der Waals surface area contributed by atoms with E-state index in [1.807, 2.05) is 0 Å². The Balaban J connectivity index is 2.08. The number of hydrogen-bond donors (Lipinski definition) is 0. The van der Waals surface area contributed by atoms with E-state index in [0.717, 1.165) is 12.1 Å². The smallest absolute Gasteiger partial charge is 0.0248 e. The van der Waals surface area contributed by atoms with Gasteiger partial charge in [-0.05, 0) is 26.9 Å². The molecule has 1 aliphatic heterocycles. The molecule has 2 atom stereocenters. The van der Waals surface area contributed by atoms with Crippen LogP contribution < -0.4 is 0 Å². The van der Waals surface area contributed by atoms with Crippen LogP contribution in [-0.2, 0) is 0 Å². The largest absolute Gasteiger partial charge is 0.301 e. The number of fused-ring (bicyclic) bond motifs is 1. The number of piperazine rings is 1. The van der Waals surface area contributed by atoms with Gasteiger partial charge in [0.1, 0.15) is 0 Å². The molecule has 2 fully saturated rings. The van der Waals surface area contributed by atoms with Gasteiger partial charge in [0.25, 0.3) is 0 Å². The third-order valence-corrected chi connectivity index (χ3v) is 3.38. The Kier molecular flexibility index (Phi) is 1.90. The molecule has 1 saturated carbocycles. The minimum absolute atomic E-state index is 0.869. The first-order chi connectivity index (χ1) is 5.29. The summed E-state index contributed by atoms with van der Waals surface area (Å²) >= 11 is 0. The average molecular weight is 154 g/mol. The van der Waals surface area contributed by atoms with E-state index in [4.69, 9.17) is 0 Å². The van der Waals surface area contributed by atoms with Crippen LogP contribution in [0.15, 0.2) is 0 Å². The van der Waals surface area contributed by atoms with E-state index in [1.54, 1.807) is 0 Å². The highest BCUT2D eigenvalue weighted by molar-refractivity contribution is 4.93. The van der Waals surface area contributed by atoms with E-state index >= 15 is 0 Å². The standard InChI is InChI=1S/C9H18N2/c1-10-6-7-11(2)9-5-3-4-8(9)10/h8-9H,3-7H2,1-2H3/t8-,9+. The Labute approximate surface area is 69.2 Å². The van der Waals surface area contributed by atoms with Crippen LogP contribution in [0.5, 0.6) is 0 Å². The molecule has 1 aliphatic carbocycles. The molecule has 0 aromatic carbocycles. The molecule has 0 bridgehead atoms. The van der Waals surface area contributed by atoms with Crippen LogP contribution >= 0.6 is 0 Å². The van der Waals surface area contributed by atoms with Crippen molar-refractivity contribution in [1.29, 1.82) is 0 Å². The molecule has 0 radical (unpaired) electrons. The van der Waals surface area contributed by atoms with Crippen molar-refractivity contribution in [3.05, 3.63) is 0 Å². The quantitative estimate of drug-likeness (QED) is 0.509. The van der Waals surface area contributed by atoms with Crippen molar-refractivity contribution in [1.82, 2.24) is 9.80 Å². The van der Waals surface area contributed by atoms with Crippen molar-refractivity contribution >= 4 is 0 Å². The van der Waals surface area contributed by atoms with Gasteiger partial charge in [-0.1, -0.05) is 6.42 Å². The van der Waals surface area contributed by atoms with Crippen molar-refractivity contribution in [3.8, 4) is 0 Å². The first kappa shape index (κ1) is 7.56. The maximum Gasteiger partial charge on any atom is 0.0248 e. The number of nitrogens with zero attached hydrogens (tertiary/aromatic N) is 2. The van der Waals surface area contributed by atoms with Crippen molar-refractivity contribution in [2.75, 3.05) is 27.2 Å². The molecule has 11 heavy (non-hydrogen) atoms. The highest BCUT2D eigenvalue weighted by Crippen LogP contribution is 2.29. The second-order valence-corrected chi connectivity index (χ2v) is 4.03. The van der Waals surface area contributed by atoms with Gasteiger partial charge in [-0.3, -0.25) is 0 Å². The summed E-state index contributed by atoms with van der Waals surface area (Å²) in [5, 5.41) is 0. The van der Waals surface area contributed by atoms with Gasteiger partial charge in [0, 0.05) is 25.2 Å². The van der Waals surface area contributed by atoms with Crippen LogP contribution in [0, 0.1) is 0 Å². The SMILES string of the molecule is CN1CCN(C)[C@H]2CCC[C@H]21. The lowest BCUT2D eigenvalue weighted by Gasteiger charge is -2.41. The van der Waals surface area contributed by atoms with Gasteiger partial charge >= 0.3 is 0 Å². The highest BCUT2D eigenvalue weighted by Gasteiger charge is 2.35. The molecule has 0 unspecified atom stereocenters. The summed E-state index contributed by atoms with van der Waals surface area (Å²) in [7, 11) is 4.55.